The van der Waals surface area contributed by atoms with E-state index >= 15 is 0 Å². The average Bonchev–Trinajstić information content (AvgIpc) is 2.82. The first-order valence-corrected chi connectivity index (χ1v) is 7.05. The van der Waals surface area contributed by atoms with Gasteiger partial charge in [-0.25, -0.2) is 9.78 Å². The maximum atomic E-state index is 12.0. The lowest BCUT2D eigenvalue weighted by Gasteiger charge is -2.30. The molecule has 104 valence electrons. The largest absolute Gasteiger partial charge is 0.481 e. The molecule has 2 amide bonds. The van der Waals surface area contributed by atoms with Gasteiger partial charge in [-0.3, -0.25) is 4.79 Å². The zero-order valence-electron chi connectivity index (χ0n) is 10.8. The fraction of sp³-hybridized carbons (Fsp3) is 0.583. The minimum atomic E-state index is -0.824. The second kappa shape index (κ2) is 6.01. The van der Waals surface area contributed by atoms with E-state index in [4.69, 9.17) is 5.11 Å². The highest BCUT2D eigenvalue weighted by Gasteiger charge is 2.27. The number of hydrogen-bond acceptors (Lipinski definition) is 4. The molecular formula is C12H17N3O3S. The van der Waals surface area contributed by atoms with Crippen molar-refractivity contribution in [1.29, 1.82) is 0 Å². The molecule has 1 atom stereocenters. The van der Waals surface area contributed by atoms with Crippen LogP contribution in [-0.4, -0.2) is 40.1 Å². The molecule has 0 spiro atoms. The van der Waals surface area contributed by atoms with E-state index < -0.39 is 11.9 Å². The van der Waals surface area contributed by atoms with E-state index in [1.807, 2.05) is 6.92 Å². The van der Waals surface area contributed by atoms with Gasteiger partial charge in [-0.2, -0.15) is 0 Å². The van der Waals surface area contributed by atoms with Gasteiger partial charge in [-0.05, 0) is 19.8 Å². The monoisotopic (exact) mass is 283 g/mol. The zero-order valence-corrected chi connectivity index (χ0v) is 11.6. The Hall–Kier alpha value is -1.63. The summed E-state index contributed by atoms with van der Waals surface area (Å²) in [6, 6.07) is -0.197. The molecule has 2 heterocycles. The van der Waals surface area contributed by atoms with Crippen LogP contribution in [0.15, 0.2) is 6.20 Å². The lowest BCUT2D eigenvalue weighted by atomic mass is 9.99. The summed E-state index contributed by atoms with van der Waals surface area (Å²) in [7, 11) is 0. The summed E-state index contributed by atoms with van der Waals surface area (Å²) in [4.78, 5) is 29.6. The maximum absolute atomic E-state index is 12.0. The Morgan fingerprint density at radius 1 is 1.63 bits per heavy atom. The Morgan fingerprint density at radius 2 is 2.42 bits per heavy atom. The average molecular weight is 283 g/mol. The Labute approximate surface area is 115 Å². The zero-order chi connectivity index (χ0) is 13.8. The van der Waals surface area contributed by atoms with Crippen molar-refractivity contribution in [2.45, 2.75) is 26.3 Å². The smallest absolute Gasteiger partial charge is 0.317 e. The summed E-state index contributed by atoms with van der Waals surface area (Å²) in [6.07, 6.45) is 3.13. The first-order valence-electron chi connectivity index (χ1n) is 6.23. The number of carbonyl (C=O) groups is 2. The van der Waals surface area contributed by atoms with E-state index in [9.17, 15) is 9.59 Å². The number of nitrogens with zero attached hydrogens (tertiary/aromatic N) is 2. The molecule has 1 fully saturated rings. The van der Waals surface area contributed by atoms with Crippen molar-refractivity contribution >= 4 is 23.3 Å². The quantitative estimate of drug-likeness (QED) is 0.879. The highest BCUT2D eigenvalue weighted by atomic mass is 32.1. The predicted octanol–water partition coefficient (Wildman–Crippen LogP) is 1.46. The van der Waals surface area contributed by atoms with Crippen molar-refractivity contribution in [2.24, 2.45) is 5.92 Å². The topological polar surface area (TPSA) is 82.5 Å². The number of thiazole rings is 1. The van der Waals surface area contributed by atoms with Crippen LogP contribution in [-0.2, 0) is 11.3 Å². The van der Waals surface area contributed by atoms with E-state index in [0.717, 1.165) is 16.3 Å². The lowest BCUT2D eigenvalue weighted by Crippen LogP contribution is -2.46. The van der Waals surface area contributed by atoms with Crippen LogP contribution in [0.1, 0.15) is 22.7 Å². The molecule has 1 aliphatic heterocycles. The van der Waals surface area contributed by atoms with E-state index in [2.05, 4.69) is 10.3 Å². The first kappa shape index (κ1) is 13.8. The van der Waals surface area contributed by atoms with Crippen LogP contribution in [0, 0.1) is 12.8 Å². The molecular weight excluding hydrogens is 266 g/mol. The van der Waals surface area contributed by atoms with Gasteiger partial charge in [-0.15, -0.1) is 11.3 Å². The number of nitrogens with one attached hydrogen (secondary N) is 1. The molecule has 1 aromatic heterocycles. The van der Waals surface area contributed by atoms with Gasteiger partial charge in [0.05, 0.1) is 17.5 Å². The Balaban J connectivity index is 1.84. The summed E-state index contributed by atoms with van der Waals surface area (Å²) in [5.41, 5.74) is 0. The molecule has 0 bridgehead atoms. The number of carboxylic acids is 1. The minimum absolute atomic E-state index is 0.197. The summed E-state index contributed by atoms with van der Waals surface area (Å²) < 4.78 is 0. The number of hydrogen-bond donors (Lipinski definition) is 2. The SMILES string of the molecule is Cc1ncc(CNC(=O)N2CCC[C@@H](C(=O)O)C2)s1. The van der Waals surface area contributed by atoms with E-state index in [1.165, 1.54) is 0 Å². The minimum Gasteiger partial charge on any atom is -0.481 e. The summed E-state index contributed by atoms with van der Waals surface area (Å²) in [6.45, 7) is 3.27. The number of carboxylic acid groups (broad SMARTS) is 1. The van der Waals surface area contributed by atoms with Gasteiger partial charge < -0.3 is 15.3 Å². The molecule has 0 aliphatic carbocycles. The van der Waals surface area contributed by atoms with E-state index in [0.29, 0.717) is 26.1 Å². The first-order chi connectivity index (χ1) is 9.06. The fourth-order valence-electron chi connectivity index (χ4n) is 2.12. The molecule has 0 unspecified atom stereocenters. The Morgan fingerprint density at radius 3 is 3.05 bits per heavy atom. The van der Waals surface area contributed by atoms with Gasteiger partial charge in [0.2, 0.25) is 0 Å². The number of piperidine rings is 1. The summed E-state index contributed by atoms with van der Waals surface area (Å²) in [5.74, 6) is -1.26. The fourth-order valence-corrected chi connectivity index (χ4v) is 2.86. The summed E-state index contributed by atoms with van der Waals surface area (Å²) >= 11 is 1.54. The molecule has 7 heteroatoms. The molecule has 1 aromatic rings. The standard InChI is InChI=1S/C12H17N3O3S/c1-8-13-5-10(19-8)6-14-12(18)15-4-2-3-9(7-15)11(16)17/h5,9H,2-4,6-7H2,1H3,(H,14,18)(H,16,17)/t9-/m1/s1. The van der Waals surface area contributed by atoms with Crippen LogP contribution in [0.4, 0.5) is 4.79 Å². The molecule has 1 saturated heterocycles. The number of carbonyl (C=O) groups excluding carboxylic acids is 1. The molecule has 0 saturated carbocycles. The summed E-state index contributed by atoms with van der Waals surface area (Å²) in [5, 5.41) is 12.8. The maximum Gasteiger partial charge on any atom is 0.317 e. The van der Waals surface area contributed by atoms with Crippen molar-refractivity contribution < 1.29 is 14.7 Å². The second-order valence-electron chi connectivity index (χ2n) is 4.63. The van der Waals surface area contributed by atoms with Gasteiger partial charge >= 0.3 is 12.0 Å². The highest BCUT2D eigenvalue weighted by Crippen LogP contribution is 2.17. The number of urea groups is 1. The third-order valence-corrected chi connectivity index (χ3v) is 4.05. The van der Waals surface area contributed by atoms with Gasteiger partial charge in [0.25, 0.3) is 0 Å². The molecule has 2 rings (SSSR count). The number of amides is 2. The normalized spacial score (nSPS) is 19.2. The molecule has 0 aromatic carbocycles. The van der Waals surface area contributed by atoms with Crippen molar-refractivity contribution in [3.8, 4) is 0 Å². The number of rotatable bonds is 3. The van der Waals surface area contributed by atoms with Crippen LogP contribution in [0.3, 0.4) is 0 Å². The molecule has 0 radical (unpaired) electrons. The van der Waals surface area contributed by atoms with Crippen LogP contribution >= 0.6 is 11.3 Å². The molecule has 6 nitrogen and oxygen atoms in total. The van der Waals surface area contributed by atoms with E-state index in [-0.39, 0.29) is 6.03 Å². The number of likely N-dealkylation sites (tertiary alicyclic amines) is 1. The van der Waals surface area contributed by atoms with Crippen molar-refractivity contribution in [3.05, 3.63) is 16.1 Å². The third kappa shape index (κ3) is 3.66. The lowest BCUT2D eigenvalue weighted by molar-refractivity contribution is -0.143. The van der Waals surface area contributed by atoms with Crippen LogP contribution in [0.5, 0.6) is 0 Å². The number of aliphatic carboxylic acids is 1. The number of aryl methyl sites for hydroxylation is 1. The van der Waals surface area contributed by atoms with Crippen molar-refractivity contribution in [2.75, 3.05) is 13.1 Å². The van der Waals surface area contributed by atoms with E-state index in [1.54, 1.807) is 22.4 Å². The van der Waals surface area contributed by atoms with Gasteiger partial charge in [0, 0.05) is 24.2 Å². The van der Waals surface area contributed by atoms with Gasteiger partial charge in [0.15, 0.2) is 0 Å². The Bertz CT molecular complexity index is 475. The highest BCUT2D eigenvalue weighted by molar-refractivity contribution is 7.11. The number of aromatic nitrogens is 1. The predicted molar refractivity (Wildman–Crippen MR) is 71.0 cm³/mol. The molecule has 1 aliphatic rings. The van der Waals surface area contributed by atoms with Gasteiger partial charge in [-0.1, -0.05) is 0 Å². The van der Waals surface area contributed by atoms with Crippen LogP contribution < -0.4 is 5.32 Å². The van der Waals surface area contributed by atoms with Crippen molar-refractivity contribution in [3.63, 3.8) is 0 Å². The van der Waals surface area contributed by atoms with Crippen LogP contribution in [0.25, 0.3) is 0 Å². The second-order valence-corrected chi connectivity index (χ2v) is 5.95. The van der Waals surface area contributed by atoms with Crippen molar-refractivity contribution in [1.82, 2.24) is 15.2 Å². The molecule has 2 N–H and O–H groups in total. The Kier molecular flexibility index (Phi) is 4.36. The molecule has 19 heavy (non-hydrogen) atoms. The third-order valence-electron chi connectivity index (χ3n) is 3.14. The van der Waals surface area contributed by atoms with Crippen LogP contribution in [0.2, 0.25) is 0 Å². The van der Waals surface area contributed by atoms with Gasteiger partial charge in [0.1, 0.15) is 0 Å².